The van der Waals surface area contributed by atoms with Crippen LogP contribution in [0.3, 0.4) is 0 Å². The zero-order valence-corrected chi connectivity index (χ0v) is 19.3. The SMILES string of the molecule is COc1ccnc(N2CCC(NC(=O)N3CCc4cc(S(=O)(=O)N(C)C)ccc43)CC2)n1. The number of carbonyl (C=O) groups is 1. The first kappa shape index (κ1) is 22.3. The molecule has 0 atom stereocenters. The number of hydrogen-bond donors (Lipinski definition) is 1. The van der Waals surface area contributed by atoms with E-state index in [4.69, 9.17) is 4.74 Å². The molecule has 11 heteroatoms. The first-order chi connectivity index (χ1) is 15.3. The van der Waals surface area contributed by atoms with Gasteiger partial charge in [0.15, 0.2) is 0 Å². The highest BCUT2D eigenvalue weighted by Crippen LogP contribution is 2.31. The lowest BCUT2D eigenvalue weighted by molar-refractivity contribution is 0.240. The largest absolute Gasteiger partial charge is 0.481 e. The Morgan fingerprint density at radius 1 is 1.19 bits per heavy atom. The summed E-state index contributed by atoms with van der Waals surface area (Å²) >= 11 is 0. The van der Waals surface area contributed by atoms with E-state index in [1.807, 2.05) is 0 Å². The van der Waals surface area contributed by atoms with Crippen molar-refractivity contribution < 1.29 is 17.9 Å². The molecule has 4 rings (SSSR count). The van der Waals surface area contributed by atoms with Crippen LogP contribution in [0.15, 0.2) is 35.4 Å². The molecule has 172 valence electrons. The summed E-state index contributed by atoms with van der Waals surface area (Å²) in [6, 6.07) is 6.58. The molecule has 0 radical (unpaired) electrons. The Bertz CT molecular complexity index is 1100. The lowest BCUT2D eigenvalue weighted by atomic mass is 10.1. The monoisotopic (exact) mass is 460 g/mol. The number of aromatic nitrogens is 2. The second kappa shape index (κ2) is 8.91. The van der Waals surface area contributed by atoms with Crippen molar-refractivity contribution in [3.63, 3.8) is 0 Å². The second-order valence-corrected chi connectivity index (χ2v) is 10.2. The van der Waals surface area contributed by atoms with Gasteiger partial charge in [0.05, 0.1) is 12.0 Å². The molecule has 1 aromatic carbocycles. The molecule has 0 saturated carbocycles. The molecule has 2 amide bonds. The lowest BCUT2D eigenvalue weighted by Crippen LogP contribution is -2.49. The van der Waals surface area contributed by atoms with Crippen LogP contribution in [0.4, 0.5) is 16.4 Å². The number of urea groups is 1. The molecule has 0 bridgehead atoms. The zero-order chi connectivity index (χ0) is 22.9. The predicted molar refractivity (Wildman–Crippen MR) is 121 cm³/mol. The molecule has 0 unspecified atom stereocenters. The Morgan fingerprint density at radius 3 is 2.62 bits per heavy atom. The number of ether oxygens (including phenoxy) is 1. The number of hydrogen-bond acceptors (Lipinski definition) is 7. The zero-order valence-electron chi connectivity index (χ0n) is 18.5. The van der Waals surface area contributed by atoms with Gasteiger partial charge in [0, 0.05) is 57.7 Å². The number of benzene rings is 1. The van der Waals surface area contributed by atoms with Crippen LogP contribution in [0.5, 0.6) is 5.88 Å². The van der Waals surface area contributed by atoms with Crippen LogP contribution in [0.25, 0.3) is 0 Å². The quantitative estimate of drug-likeness (QED) is 0.720. The Balaban J connectivity index is 1.37. The van der Waals surface area contributed by atoms with Crippen LogP contribution in [0.2, 0.25) is 0 Å². The van der Waals surface area contributed by atoms with E-state index in [2.05, 4.69) is 20.2 Å². The van der Waals surface area contributed by atoms with E-state index in [0.717, 1.165) is 37.2 Å². The summed E-state index contributed by atoms with van der Waals surface area (Å²) in [7, 11) is 1.09. The van der Waals surface area contributed by atoms with Crippen molar-refractivity contribution in [3.05, 3.63) is 36.0 Å². The highest BCUT2D eigenvalue weighted by atomic mass is 32.2. The topological polar surface area (TPSA) is 108 Å². The molecule has 2 aliphatic heterocycles. The van der Waals surface area contributed by atoms with Crippen molar-refractivity contribution in [2.75, 3.05) is 50.6 Å². The van der Waals surface area contributed by atoms with Gasteiger partial charge in [0.2, 0.25) is 21.9 Å². The summed E-state index contributed by atoms with van der Waals surface area (Å²) < 4.78 is 31.1. The van der Waals surface area contributed by atoms with E-state index in [-0.39, 0.29) is 17.0 Å². The number of nitrogens with one attached hydrogen (secondary N) is 1. The van der Waals surface area contributed by atoms with Gasteiger partial charge in [-0.3, -0.25) is 4.90 Å². The molecule has 32 heavy (non-hydrogen) atoms. The summed E-state index contributed by atoms with van der Waals surface area (Å²) in [4.78, 5) is 25.6. The van der Waals surface area contributed by atoms with E-state index in [9.17, 15) is 13.2 Å². The number of piperidine rings is 1. The van der Waals surface area contributed by atoms with Crippen molar-refractivity contribution in [1.29, 1.82) is 0 Å². The van der Waals surface area contributed by atoms with Crippen LogP contribution in [0.1, 0.15) is 18.4 Å². The van der Waals surface area contributed by atoms with Gasteiger partial charge in [-0.15, -0.1) is 0 Å². The molecule has 2 aromatic rings. The minimum atomic E-state index is -3.50. The standard InChI is InChI=1S/C21H28N6O4S/c1-25(2)32(29,30)17-4-5-18-15(14-17)7-13-27(18)21(28)23-16-8-11-26(12-9-16)20-22-10-6-19(24-20)31-3/h4-6,10,14,16H,7-9,11-13H2,1-3H3,(H,23,28). The molecule has 1 fully saturated rings. The fourth-order valence-electron chi connectivity index (χ4n) is 4.04. The second-order valence-electron chi connectivity index (χ2n) is 8.09. The predicted octanol–water partition coefficient (Wildman–Crippen LogP) is 1.48. The molecular formula is C21H28N6O4S. The first-order valence-electron chi connectivity index (χ1n) is 10.5. The molecule has 1 aromatic heterocycles. The molecule has 0 aliphatic carbocycles. The number of amides is 2. The van der Waals surface area contributed by atoms with Gasteiger partial charge in [0.25, 0.3) is 0 Å². The maximum Gasteiger partial charge on any atom is 0.322 e. The van der Waals surface area contributed by atoms with Crippen molar-refractivity contribution in [3.8, 4) is 5.88 Å². The van der Waals surface area contributed by atoms with Gasteiger partial charge < -0.3 is 15.0 Å². The molecule has 0 spiro atoms. The summed E-state index contributed by atoms with van der Waals surface area (Å²) in [5.74, 6) is 1.16. The number of rotatable bonds is 5. The summed E-state index contributed by atoms with van der Waals surface area (Å²) in [5.41, 5.74) is 1.63. The molecular weight excluding hydrogens is 432 g/mol. The fraction of sp³-hybridized carbons (Fsp3) is 0.476. The Morgan fingerprint density at radius 2 is 1.94 bits per heavy atom. The van der Waals surface area contributed by atoms with Gasteiger partial charge in [-0.2, -0.15) is 4.98 Å². The summed E-state index contributed by atoms with van der Waals surface area (Å²) in [6.45, 7) is 2.00. The Kier molecular flexibility index (Phi) is 6.20. The maximum absolute atomic E-state index is 12.9. The van der Waals surface area contributed by atoms with Crippen LogP contribution in [-0.2, 0) is 16.4 Å². The van der Waals surface area contributed by atoms with Crippen LogP contribution < -0.4 is 19.9 Å². The van der Waals surface area contributed by atoms with Crippen LogP contribution in [0, 0.1) is 0 Å². The molecule has 1 N–H and O–H groups in total. The third-order valence-corrected chi connectivity index (χ3v) is 7.71. The van der Waals surface area contributed by atoms with Gasteiger partial charge in [0.1, 0.15) is 0 Å². The number of sulfonamides is 1. The number of methoxy groups -OCH3 is 1. The van der Waals surface area contributed by atoms with Gasteiger partial charge in [-0.05, 0) is 43.0 Å². The average Bonchev–Trinajstić information content (AvgIpc) is 3.23. The number of carbonyl (C=O) groups excluding carboxylic acids is 1. The van der Waals surface area contributed by atoms with Crippen LogP contribution in [-0.4, -0.2) is 75.6 Å². The van der Waals surface area contributed by atoms with Crippen molar-refractivity contribution >= 4 is 27.7 Å². The summed E-state index contributed by atoms with van der Waals surface area (Å²) in [6.07, 6.45) is 3.88. The third-order valence-electron chi connectivity index (χ3n) is 5.90. The normalized spacial score (nSPS) is 16.9. The third kappa shape index (κ3) is 4.35. The van der Waals surface area contributed by atoms with Gasteiger partial charge in [-0.25, -0.2) is 22.5 Å². The highest BCUT2D eigenvalue weighted by Gasteiger charge is 2.30. The Labute approximate surface area is 188 Å². The summed E-state index contributed by atoms with van der Waals surface area (Å²) in [5, 5.41) is 3.13. The van der Waals surface area contributed by atoms with Crippen molar-refractivity contribution in [1.82, 2.24) is 19.6 Å². The van der Waals surface area contributed by atoms with E-state index in [1.165, 1.54) is 18.4 Å². The molecule has 3 heterocycles. The highest BCUT2D eigenvalue weighted by molar-refractivity contribution is 7.89. The van der Waals surface area contributed by atoms with E-state index in [1.54, 1.807) is 42.5 Å². The molecule has 10 nitrogen and oxygen atoms in total. The van der Waals surface area contributed by atoms with E-state index in [0.29, 0.717) is 24.8 Å². The first-order valence-corrected chi connectivity index (χ1v) is 12.0. The van der Waals surface area contributed by atoms with Crippen molar-refractivity contribution in [2.45, 2.75) is 30.2 Å². The Hall–Kier alpha value is -2.92. The fourth-order valence-corrected chi connectivity index (χ4v) is 4.99. The lowest BCUT2D eigenvalue weighted by Gasteiger charge is -2.33. The minimum absolute atomic E-state index is 0.0572. The number of fused-ring (bicyclic) bond motifs is 1. The van der Waals surface area contributed by atoms with E-state index >= 15 is 0 Å². The smallest absolute Gasteiger partial charge is 0.322 e. The number of nitrogens with zero attached hydrogens (tertiary/aromatic N) is 5. The maximum atomic E-state index is 12.9. The average molecular weight is 461 g/mol. The molecule has 1 saturated heterocycles. The molecule has 2 aliphatic rings. The van der Waals surface area contributed by atoms with Crippen molar-refractivity contribution in [2.24, 2.45) is 0 Å². The van der Waals surface area contributed by atoms with Gasteiger partial charge >= 0.3 is 6.03 Å². The minimum Gasteiger partial charge on any atom is -0.481 e. The van der Waals surface area contributed by atoms with Gasteiger partial charge in [-0.1, -0.05) is 0 Å². The van der Waals surface area contributed by atoms with Crippen LogP contribution >= 0.6 is 0 Å². The number of anilines is 2. The van der Waals surface area contributed by atoms with E-state index < -0.39 is 10.0 Å².